The zero-order valence-corrected chi connectivity index (χ0v) is 16.0. The molecule has 0 amide bonds. The van der Waals surface area contributed by atoms with Gasteiger partial charge < -0.3 is 18.8 Å². The molecule has 0 atom stereocenters. The summed E-state index contributed by atoms with van der Waals surface area (Å²) in [6.45, 7) is 4.08. The number of aromatic nitrogens is 1. The van der Waals surface area contributed by atoms with E-state index < -0.39 is 24.1 Å². The summed E-state index contributed by atoms with van der Waals surface area (Å²) in [4.78, 5) is 34.2. The minimum atomic E-state index is -0.708. The number of rotatable bonds is 10. The first-order valence-electron chi connectivity index (χ1n) is 8.55. The lowest BCUT2D eigenvalue weighted by Gasteiger charge is -2.09. The molecule has 1 heterocycles. The van der Waals surface area contributed by atoms with E-state index in [1.165, 1.54) is 24.3 Å². The Labute approximate surface area is 162 Å². The van der Waals surface area contributed by atoms with E-state index in [1.807, 2.05) is 18.4 Å². The number of nitro benzene ring substituents is 1. The highest BCUT2D eigenvalue weighted by Gasteiger charge is 2.17. The highest BCUT2D eigenvalue weighted by atomic mass is 16.6. The van der Waals surface area contributed by atoms with Gasteiger partial charge in [0.15, 0.2) is 13.2 Å². The van der Waals surface area contributed by atoms with Crippen molar-refractivity contribution in [2.45, 2.75) is 20.4 Å². The first-order chi connectivity index (χ1) is 13.3. The molecule has 0 radical (unpaired) electrons. The maximum atomic E-state index is 12.4. The predicted octanol–water partition coefficient (Wildman–Crippen LogP) is 2.46. The van der Waals surface area contributed by atoms with Gasteiger partial charge in [0.25, 0.3) is 5.69 Å². The number of ether oxygens (including phenoxy) is 3. The third-order valence-corrected chi connectivity index (χ3v) is 4.16. The molecule has 0 aliphatic heterocycles. The van der Waals surface area contributed by atoms with Crippen LogP contribution in [0.4, 0.5) is 5.69 Å². The molecule has 1 aromatic heterocycles. The minimum absolute atomic E-state index is 0.0800. The van der Waals surface area contributed by atoms with Crippen molar-refractivity contribution in [3.63, 3.8) is 0 Å². The Balaban J connectivity index is 1.85. The minimum Gasteiger partial charge on any atom is -0.482 e. The van der Waals surface area contributed by atoms with E-state index in [-0.39, 0.29) is 17.2 Å². The first-order valence-corrected chi connectivity index (χ1v) is 8.55. The number of hydrogen-bond donors (Lipinski definition) is 0. The molecule has 0 saturated carbocycles. The van der Waals surface area contributed by atoms with Gasteiger partial charge in [-0.25, -0.2) is 4.79 Å². The van der Waals surface area contributed by atoms with Crippen molar-refractivity contribution in [1.82, 2.24) is 4.57 Å². The molecule has 9 heteroatoms. The van der Waals surface area contributed by atoms with Crippen molar-refractivity contribution in [3.8, 4) is 5.75 Å². The van der Waals surface area contributed by atoms with Gasteiger partial charge in [-0.15, -0.1) is 0 Å². The lowest BCUT2D eigenvalue weighted by Crippen LogP contribution is -2.20. The highest BCUT2D eigenvalue weighted by molar-refractivity contribution is 5.99. The fourth-order valence-electron chi connectivity index (χ4n) is 2.68. The number of ketones is 1. The smallest absolute Gasteiger partial charge is 0.344 e. The Hall–Kier alpha value is -3.20. The molecule has 0 spiro atoms. The van der Waals surface area contributed by atoms with E-state index in [2.05, 4.69) is 0 Å². The van der Waals surface area contributed by atoms with Crippen molar-refractivity contribution in [3.05, 3.63) is 57.4 Å². The number of methoxy groups -OCH3 is 1. The quantitative estimate of drug-likeness (QED) is 0.265. The van der Waals surface area contributed by atoms with Gasteiger partial charge in [-0.3, -0.25) is 14.9 Å². The number of Topliss-reactive ketones (excluding diaryl/α,β-unsaturated/α-hetero) is 1. The molecule has 2 rings (SSSR count). The third-order valence-electron chi connectivity index (χ3n) is 4.16. The monoisotopic (exact) mass is 390 g/mol. The van der Waals surface area contributed by atoms with Crippen molar-refractivity contribution in [2.75, 3.05) is 26.9 Å². The second kappa shape index (κ2) is 9.65. The van der Waals surface area contributed by atoms with Gasteiger partial charge in [0, 0.05) is 42.7 Å². The molecule has 0 aliphatic rings. The summed E-state index contributed by atoms with van der Waals surface area (Å²) in [6, 6.07) is 7.05. The molecule has 0 N–H and O–H groups in total. The summed E-state index contributed by atoms with van der Waals surface area (Å²) in [5, 5.41) is 10.6. The van der Waals surface area contributed by atoms with Crippen LogP contribution in [0.15, 0.2) is 30.3 Å². The van der Waals surface area contributed by atoms with E-state index in [1.54, 1.807) is 13.2 Å². The molecular weight excluding hydrogens is 368 g/mol. The summed E-state index contributed by atoms with van der Waals surface area (Å²) in [7, 11) is 1.61. The first kappa shape index (κ1) is 21.1. The largest absolute Gasteiger partial charge is 0.482 e. The molecule has 0 saturated heterocycles. The Morgan fingerprint density at radius 3 is 2.43 bits per heavy atom. The average molecular weight is 390 g/mol. The van der Waals surface area contributed by atoms with Crippen LogP contribution >= 0.6 is 0 Å². The lowest BCUT2D eigenvalue weighted by molar-refractivity contribution is -0.384. The summed E-state index contributed by atoms with van der Waals surface area (Å²) >= 11 is 0. The molecule has 0 fully saturated rings. The number of nitrogens with zero attached hydrogens (tertiary/aromatic N) is 2. The van der Waals surface area contributed by atoms with Crippen LogP contribution in [0.2, 0.25) is 0 Å². The van der Waals surface area contributed by atoms with Crippen molar-refractivity contribution in [2.24, 2.45) is 0 Å². The molecular formula is C19H22N2O7. The Morgan fingerprint density at radius 2 is 1.82 bits per heavy atom. The van der Waals surface area contributed by atoms with Crippen LogP contribution in [-0.4, -0.2) is 48.2 Å². The van der Waals surface area contributed by atoms with Gasteiger partial charge in [0.1, 0.15) is 5.75 Å². The zero-order chi connectivity index (χ0) is 20.7. The average Bonchev–Trinajstić information content (AvgIpc) is 2.96. The van der Waals surface area contributed by atoms with Crippen LogP contribution in [0.1, 0.15) is 21.7 Å². The van der Waals surface area contributed by atoms with E-state index in [9.17, 15) is 19.7 Å². The van der Waals surface area contributed by atoms with Gasteiger partial charge >= 0.3 is 5.97 Å². The molecule has 0 unspecified atom stereocenters. The highest BCUT2D eigenvalue weighted by Crippen LogP contribution is 2.18. The fourth-order valence-corrected chi connectivity index (χ4v) is 2.68. The predicted molar refractivity (Wildman–Crippen MR) is 99.7 cm³/mol. The summed E-state index contributed by atoms with van der Waals surface area (Å²) < 4.78 is 17.2. The Morgan fingerprint density at radius 1 is 1.14 bits per heavy atom. The SMILES string of the molecule is COCCn1c(C)cc(C(=O)COC(=O)COc2ccc([N+](=O)[O-])cc2)c1C. The second-order valence-corrected chi connectivity index (χ2v) is 6.05. The van der Waals surface area contributed by atoms with E-state index >= 15 is 0 Å². The normalized spacial score (nSPS) is 10.5. The number of carbonyl (C=O) groups is 2. The zero-order valence-electron chi connectivity index (χ0n) is 16.0. The van der Waals surface area contributed by atoms with Crippen molar-refractivity contribution < 1.29 is 28.7 Å². The summed E-state index contributed by atoms with van der Waals surface area (Å²) in [5.41, 5.74) is 2.13. The Bertz CT molecular complexity index is 856. The van der Waals surface area contributed by atoms with E-state index in [0.717, 1.165) is 11.4 Å². The molecule has 150 valence electrons. The number of carbonyl (C=O) groups excluding carboxylic acids is 2. The molecule has 1 aromatic carbocycles. The maximum Gasteiger partial charge on any atom is 0.344 e. The van der Waals surface area contributed by atoms with Crippen LogP contribution in [0.25, 0.3) is 0 Å². The van der Waals surface area contributed by atoms with Crippen LogP contribution in [0.3, 0.4) is 0 Å². The molecule has 9 nitrogen and oxygen atoms in total. The topological polar surface area (TPSA) is 110 Å². The van der Waals surface area contributed by atoms with E-state index in [0.29, 0.717) is 18.7 Å². The second-order valence-electron chi connectivity index (χ2n) is 6.05. The van der Waals surface area contributed by atoms with Crippen LogP contribution in [0, 0.1) is 24.0 Å². The fraction of sp³-hybridized carbons (Fsp3) is 0.368. The molecule has 0 bridgehead atoms. The van der Waals surface area contributed by atoms with Crippen LogP contribution in [0.5, 0.6) is 5.75 Å². The molecule has 2 aromatic rings. The Kier molecular flexibility index (Phi) is 7.28. The van der Waals surface area contributed by atoms with Gasteiger partial charge in [-0.2, -0.15) is 0 Å². The standard InChI is InChI=1S/C19H22N2O7/c1-13-10-17(14(2)20(13)8-9-26-3)18(22)11-28-19(23)12-27-16-6-4-15(5-7-16)21(24)25/h4-7,10H,8-9,11-12H2,1-3H3. The number of non-ortho nitro benzene ring substituents is 1. The van der Waals surface area contributed by atoms with Gasteiger partial charge in [0.2, 0.25) is 5.78 Å². The number of esters is 1. The van der Waals surface area contributed by atoms with Crippen LogP contribution < -0.4 is 4.74 Å². The number of aryl methyl sites for hydroxylation is 1. The lowest BCUT2D eigenvalue weighted by atomic mass is 10.1. The van der Waals surface area contributed by atoms with Crippen molar-refractivity contribution >= 4 is 17.4 Å². The summed E-state index contributed by atoms with van der Waals surface area (Å²) in [6.07, 6.45) is 0. The van der Waals surface area contributed by atoms with Gasteiger partial charge in [-0.05, 0) is 32.0 Å². The van der Waals surface area contributed by atoms with Gasteiger partial charge in [-0.1, -0.05) is 0 Å². The third kappa shape index (κ3) is 5.40. The molecule has 0 aliphatic carbocycles. The maximum absolute atomic E-state index is 12.4. The van der Waals surface area contributed by atoms with Crippen molar-refractivity contribution in [1.29, 1.82) is 0 Å². The number of hydrogen-bond acceptors (Lipinski definition) is 7. The van der Waals surface area contributed by atoms with Crippen LogP contribution in [-0.2, 0) is 20.8 Å². The number of benzene rings is 1. The number of nitro groups is 1. The van der Waals surface area contributed by atoms with E-state index in [4.69, 9.17) is 14.2 Å². The summed E-state index contributed by atoms with van der Waals surface area (Å²) in [5.74, 6) is -0.726. The molecule has 28 heavy (non-hydrogen) atoms. The van der Waals surface area contributed by atoms with Gasteiger partial charge in [0.05, 0.1) is 11.5 Å².